The Kier molecular flexibility index (Phi) is 4.74. The molecule has 1 aliphatic rings. The van der Waals surface area contributed by atoms with Crippen LogP contribution < -0.4 is 11.1 Å². The van der Waals surface area contributed by atoms with Crippen molar-refractivity contribution in [2.45, 2.75) is 38.0 Å². The number of methoxy groups -OCH3 is 1. The lowest BCUT2D eigenvalue weighted by atomic mass is 9.83. The highest BCUT2D eigenvalue weighted by Gasteiger charge is 2.31. The van der Waals surface area contributed by atoms with Crippen LogP contribution in [0.25, 0.3) is 0 Å². The van der Waals surface area contributed by atoms with Gasteiger partial charge in [0.1, 0.15) is 0 Å². The van der Waals surface area contributed by atoms with Gasteiger partial charge in [-0.3, -0.25) is 4.79 Å². The smallest absolute Gasteiger partial charge is 0.223 e. The number of hydrogen-bond donors (Lipinski definition) is 2. The average molecular weight is 268 g/mol. The van der Waals surface area contributed by atoms with Crippen LogP contribution in [0.5, 0.6) is 0 Å². The average Bonchev–Trinajstić information content (AvgIpc) is 2.89. The standard InChI is InChI=1S/C13H20N2O2S/c1-17-12-6-10(2-3-11(12)14)13(16)15-7-9-4-5-18-8-9/h4-5,8,10-12H,2-3,6-7,14H2,1H3,(H,15,16)/t10-,11-,12-/m0/s1. The normalized spacial score (nSPS) is 28.0. The van der Waals surface area contributed by atoms with Gasteiger partial charge >= 0.3 is 0 Å². The van der Waals surface area contributed by atoms with Gasteiger partial charge in [-0.2, -0.15) is 11.3 Å². The van der Waals surface area contributed by atoms with E-state index in [1.165, 1.54) is 0 Å². The van der Waals surface area contributed by atoms with Crippen molar-refractivity contribution in [3.05, 3.63) is 22.4 Å². The summed E-state index contributed by atoms with van der Waals surface area (Å²) < 4.78 is 5.33. The van der Waals surface area contributed by atoms with Crippen LogP contribution in [0.15, 0.2) is 16.8 Å². The number of carbonyl (C=O) groups excluding carboxylic acids is 1. The van der Waals surface area contributed by atoms with Gasteiger partial charge in [0.25, 0.3) is 0 Å². The molecule has 1 heterocycles. The zero-order valence-electron chi connectivity index (χ0n) is 10.6. The summed E-state index contributed by atoms with van der Waals surface area (Å²) >= 11 is 1.64. The Balaban J connectivity index is 1.82. The molecule has 1 fully saturated rings. The summed E-state index contributed by atoms with van der Waals surface area (Å²) in [5.41, 5.74) is 7.10. The summed E-state index contributed by atoms with van der Waals surface area (Å²) in [5, 5.41) is 7.05. The first-order valence-electron chi connectivity index (χ1n) is 6.28. The lowest BCUT2D eigenvalue weighted by Crippen LogP contribution is -2.45. The fourth-order valence-electron chi connectivity index (χ4n) is 2.39. The van der Waals surface area contributed by atoms with Crippen LogP contribution in [0.1, 0.15) is 24.8 Å². The van der Waals surface area contributed by atoms with Gasteiger partial charge in [-0.05, 0) is 41.7 Å². The van der Waals surface area contributed by atoms with Crippen LogP contribution in [0.4, 0.5) is 0 Å². The topological polar surface area (TPSA) is 64.3 Å². The van der Waals surface area contributed by atoms with E-state index in [9.17, 15) is 4.79 Å². The van der Waals surface area contributed by atoms with Gasteiger partial charge in [-0.15, -0.1) is 0 Å². The van der Waals surface area contributed by atoms with E-state index in [1.807, 2.05) is 11.4 Å². The van der Waals surface area contributed by atoms with Crippen LogP contribution in [-0.2, 0) is 16.1 Å². The molecule has 1 aromatic heterocycles. The van der Waals surface area contributed by atoms with Crippen LogP contribution in [0.2, 0.25) is 0 Å². The molecular weight excluding hydrogens is 248 g/mol. The summed E-state index contributed by atoms with van der Waals surface area (Å²) in [7, 11) is 1.66. The monoisotopic (exact) mass is 268 g/mol. The molecule has 1 amide bonds. The van der Waals surface area contributed by atoms with Crippen LogP contribution >= 0.6 is 11.3 Å². The Bertz CT molecular complexity index is 380. The largest absolute Gasteiger partial charge is 0.380 e. The highest BCUT2D eigenvalue weighted by atomic mass is 32.1. The first-order chi connectivity index (χ1) is 8.70. The van der Waals surface area contributed by atoms with E-state index in [-0.39, 0.29) is 24.0 Å². The third-order valence-corrected chi connectivity index (χ3v) is 4.30. The number of nitrogens with two attached hydrogens (primary N) is 1. The molecule has 4 nitrogen and oxygen atoms in total. The number of carbonyl (C=O) groups is 1. The highest BCUT2D eigenvalue weighted by molar-refractivity contribution is 7.07. The van der Waals surface area contributed by atoms with Crippen molar-refractivity contribution in [2.24, 2.45) is 11.7 Å². The van der Waals surface area contributed by atoms with Crippen molar-refractivity contribution in [1.29, 1.82) is 0 Å². The van der Waals surface area contributed by atoms with Crippen molar-refractivity contribution < 1.29 is 9.53 Å². The summed E-state index contributed by atoms with van der Waals surface area (Å²) in [6.07, 6.45) is 2.45. The molecule has 0 aromatic carbocycles. The minimum atomic E-state index is 0.00986. The van der Waals surface area contributed by atoms with Gasteiger partial charge in [0.05, 0.1) is 6.10 Å². The maximum Gasteiger partial charge on any atom is 0.223 e. The maximum absolute atomic E-state index is 12.1. The number of hydrogen-bond acceptors (Lipinski definition) is 4. The van der Waals surface area contributed by atoms with Crippen LogP contribution in [0.3, 0.4) is 0 Å². The van der Waals surface area contributed by atoms with Crippen molar-refractivity contribution in [2.75, 3.05) is 7.11 Å². The lowest BCUT2D eigenvalue weighted by Gasteiger charge is -2.32. The summed E-state index contributed by atoms with van der Waals surface area (Å²) in [4.78, 5) is 12.1. The second-order valence-electron chi connectivity index (χ2n) is 4.80. The molecule has 0 aliphatic heterocycles. The molecule has 18 heavy (non-hydrogen) atoms. The Morgan fingerprint density at radius 3 is 3.11 bits per heavy atom. The fourth-order valence-corrected chi connectivity index (χ4v) is 3.06. The van der Waals surface area contributed by atoms with Gasteiger partial charge in [0, 0.05) is 25.6 Å². The predicted molar refractivity (Wildman–Crippen MR) is 72.3 cm³/mol. The van der Waals surface area contributed by atoms with Crippen LogP contribution in [-0.4, -0.2) is 25.2 Å². The molecule has 1 saturated carbocycles. The number of nitrogens with one attached hydrogen (secondary N) is 1. The lowest BCUT2D eigenvalue weighted by molar-refractivity contribution is -0.128. The number of rotatable bonds is 4. The third-order valence-electron chi connectivity index (χ3n) is 3.56. The van der Waals surface area contributed by atoms with Gasteiger partial charge in [-0.1, -0.05) is 0 Å². The zero-order valence-corrected chi connectivity index (χ0v) is 11.4. The predicted octanol–water partition coefficient (Wildman–Crippen LogP) is 1.51. The van der Waals surface area contributed by atoms with Crippen molar-refractivity contribution in [1.82, 2.24) is 5.32 Å². The molecule has 0 radical (unpaired) electrons. The second-order valence-corrected chi connectivity index (χ2v) is 5.58. The number of ether oxygens (including phenoxy) is 1. The third kappa shape index (κ3) is 3.31. The Morgan fingerprint density at radius 1 is 1.61 bits per heavy atom. The molecule has 3 N–H and O–H groups in total. The quantitative estimate of drug-likeness (QED) is 0.870. The van der Waals surface area contributed by atoms with E-state index in [0.29, 0.717) is 6.54 Å². The SMILES string of the molecule is CO[C@H]1C[C@@H](C(=O)NCc2ccsc2)CC[C@@H]1N. The first kappa shape index (κ1) is 13.5. The van der Waals surface area contributed by atoms with E-state index in [4.69, 9.17) is 10.5 Å². The van der Waals surface area contributed by atoms with Gasteiger partial charge in [0.15, 0.2) is 0 Å². The molecule has 3 atom stereocenters. The van der Waals surface area contributed by atoms with Crippen molar-refractivity contribution in [3.63, 3.8) is 0 Å². The molecule has 0 saturated heterocycles. The maximum atomic E-state index is 12.1. The molecule has 1 aromatic rings. The highest BCUT2D eigenvalue weighted by Crippen LogP contribution is 2.25. The molecule has 2 rings (SSSR count). The molecule has 1 aliphatic carbocycles. The first-order valence-corrected chi connectivity index (χ1v) is 7.22. The van der Waals surface area contributed by atoms with E-state index in [1.54, 1.807) is 18.4 Å². The zero-order chi connectivity index (χ0) is 13.0. The van der Waals surface area contributed by atoms with E-state index in [2.05, 4.69) is 10.7 Å². The van der Waals surface area contributed by atoms with Gasteiger partial charge in [0.2, 0.25) is 5.91 Å². The van der Waals surface area contributed by atoms with Crippen LogP contribution in [0, 0.1) is 5.92 Å². The van der Waals surface area contributed by atoms with Crippen molar-refractivity contribution in [3.8, 4) is 0 Å². The minimum Gasteiger partial charge on any atom is -0.380 e. The second kappa shape index (κ2) is 6.31. The number of amides is 1. The molecule has 5 heteroatoms. The number of thiophene rings is 1. The van der Waals surface area contributed by atoms with Gasteiger partial charge < -0.3 is 15.8 Å². The molecular formula is C13H20N2O2S. The van der Waals surface area contributed by atoms with E-state index in [0.717, 1.165) is 24.8 Å². The van der Waals surface area contributed by atoms with Crippen molar-refractivity contribution >= 4 is 17.2 Å². The Morgan fingerprint density at radius 2 is 2.44 bits per heavy atom. The summed E-state index contributed by atoms with van der Waals surface area (Å²) in [6.45, 7) is 0.614. The Hall–Kier alpha value is -0.910. The Labute approximate surface area is 112 Å². The summed E-state index contributed by atoms with van der Waals surface area (Å²) in [5.74, 6) is 0.156. The molecule has 100 valence electrons. The summed E-state index contributed by atoms with van der Waals surface area (Å²) in [6, 6.07) is 2.09. The van der Waals surface area contributed by atoms with E-state index < -0.39 is 0 Å². The van der Waals surface area contributed by atoms with E-state index >= 15 is 0 Å². The minimum absolute atomic E-state index is 0.00986. The fraction of sp³-hybridized carbons (Fsp3) is 0.615. The molecule has 0 unspecified atom stereocenters. The molecule has 0 bridgehead atoms. The van der Waals surface area contributed by atoms with Gasteiger partial charge in [-0.25, -0.2) is 0 Å². The molecule has 0 spiro atoms.